The van der Waals surface area contributed by atoms with Gasteiger partial charge in [0.15, 0.2) is 0 Å². The first-order valence-corrected chi connectivity index (χ1v) is 6.91. The number of nitrogens with zero attached hydrogens (tertiary/aromatic N) is 1. The van der Waals surface area contributed by atoms with Crippen LogP contribution >= 0.6 is 27.7 Å². The lowest BCUT2D eigenvalue weighted by Crippen LogP contribution is -2.12. The van der Waals surface area contributed by atoms with E-state index >= 15 is 0 Å². The van der Waals surface area contributed by atoms with Gasteiger partial charge in [-0.05, 0) is 52.7 Å². The molecule has 0 amide bonds. The molecule has 1 heterocycles. The minimum Gasteiger partial charge on any atom is -0.384 e. The summed E-state index contributed by atoms with van der Waals surface area (Å²) in [6, 6.07) is 9.72. The molecule has 1 aromatic carbocycles. The van der Waals surface area contributed by atoms with Gasteiger partial charge in [-0.1, -0.05) is 17.8 Å². The molecule has 3 nitrogen and oxygen atoms in total. The second-order valence-electron chi connectivity index (χ2n) is 3.83. The molecule has 0 aliphatic rings. The fourth-order valence-corrected chi connectivity index (χ4v) is 2.71. The van der Waals surface area contributed by atoms with Gasteiger partial charge in [-0.3, -0.25) is 5.41 Å². The summed E-state index contributed by atoms with van der Waals surface area (Å²) >= 11 is 4.87. The highest BCUT2D eigenvalue weighted by molar-refractivity contribution is 9.10. The van der Waals surface area contributed by atoms with Crippen LogP contribution in [0, 0.1) is 12.3 Å². The Morgan fingerprint density at radius 3 is 2.72 bits per heavy atom. The molecule has 3 N–H and O–H groups in total. The number of amidine groups is 1. The largest absolute Gasteiger partial charge is 0.384 e. The molecular formula is C13H12BrN3S. The molecule has 0 radical (unpaired) electrons. The number of rotatable bonds is 3. The molecule has 0 aliphatic carbocycles. The molecule has 0 saturated carbocycles. The van der Waals surface area contributed by atoms with Crippen LogP contribution in [0.25, 0.3) is 0 Å². The predicted molar refractivity (Wildman–Crippen MR) is 78.3 cm³/mol. The third kappa shape index (κ3) is 3.11. The van der Waals surface area contributed by atoms with E-state index in [4.69, 9.17) is 11.1 Å². The number of benzene rings is 1. The van der Waals surface area contributed by atoms with Gasteiger partial charge in [0.25, 0.3) is 0 Å². The Labute approximate surface area is 118 Å². The summed E-state index contributed by atoms with van der Waals surface area (Å²) in [5, 5.41) is 8.46. The first-order valence-electron chi connectivity index (χ1n) is 5.31. The lowest BCUT2D eigenvalue weighted by molar-refractivity contribution is 1.12. The zero-order valence-corrected chi connectivity index (χ0v) is 12.2. The molecule has 2 aromatic rings. The van der Waals surface area contributed by atoms with Crippen molar-refractivity contribution in [2.45, 2.75) is 16.8 Å². The monoisotopic (exact) mass is 321 g/mol. The summed E-state index contributed by atoms with van der Waals surface area (Å²) in [6.07, 6.45) is 1.76. The Kier molecular flexibility index (Phi) is 4.04. The molecule has 0 aliphatic heterocycles. The number of nitrogens with two attached hydrogens (primary N) is 1. The maximum Gasteiger partial charge on any atom is 0.123 e. The molecule has 0 saturated heterocycles. The normalized spacial score (nSPS) is 10.3. The fourth-order valence-electron chi connectivity index (χ4n) is 1.47. The van der Waals surface area contributed by atoms with Gasteiger partial charge >= 0.3 is 0 Å². The first-order chi connectivity index (χ1) is 8.56. The SMILES string of the molecule is Cc1ccc(C(=N)N)c(Sc2ccc(Br)cn2)c1. The number of aryl methyl sites for hydroxylation is 1. The standard InChI is InChI=1S/C13H12BrN3S/c1-8-2-4-10(13(15)16)11(6-8)18-12-5-3-9(14)7-17-12/h2-7H,1H3,(H3,15,16). The average molecular weight is 322 g/mol. The highest BCUT2D eigenvalue weighted by Crippen LogP contribution is 2.30. The summed E-state index contributed by atoms with van der Waals surface area (Å²) in [5.41, 5.74) is 7.47. The van der Waals surface area contributed by atoms with Gasteiger partial charge in [0.05, 0.1) is 0 Å². The summed E-state index contributed by atoms with van der Waals surface area (Å²) in [7, 11) is 0. The van der Waals surface area contributed by atoms with Crippen molar-refractivity contribution in [3.63, 3.8) is 0 Å². The molecule has 5 heteroatoms. The van der Waals surface area contributed by atoms with Gasteiger partial charge in [0, 0.05) is 21.1 Å². The highest BCUT2D eigenvalue weighted by Gasteiger charge is 2.08. The van der Waals surface area contributed by atoms with Crippen molar-refractivity contribution in [3.8, 4) is 0 Å². The Morgan fingerprint density at radius 2 is 2.11 bits per heavy atom. The van der Waals surface area contributed by atoms with Crippen LogP contribution in [0.2, 0.25) is 0 Å². The van der Waals surface area contributed by atoms with Crippen molar-refractivity contribution in [1.82, 2.24) is 4.98 Å². The van der Waals surface area contributed by atoms with Crippen molar-refractivity contribution in [1.29, 1.82) is 5.41 Å². The van der Waals surface area contributed by atoms with Gasteiger partial charge in [-0.2, -0.15) is 0 Å². The molecule has 0 atom stereocenters. The second-order valence-corrected chi connectivity index (χ2v) is 5.81. The lowest BCUT2D eigenvalue weighted by atomic mass is 10.1. The van der Waals surface area contributed by atoms with Crippen molar-refractivity contribution >= 4 is 33.5 Å². The minimum atomic E-state index is 0.0783. The molecule has 0 fully saturated rings. The van der Waals surface area contributed by atoms with Crippen molar-refractivity contribution in [3.05, 3.63) is 52.1 Å². The van der Waals surface area contributed by atoms with Gasteiger partial charge in [-0.25, -0.2) is 4.98 Å². The quantitative estimate of drug-likeness (QED) is 0.670. The average Bonchev–Trinajstić information content (AvgIpc) is 2.32. The smallest absolute Gasteiger partial charge is 0.123 e. The Bertz CT molecular complexity index is 581. The van der Waals surface area contributed by atoms with E-state index in [9.17, 15) is 0 Å². The van der Waals surface area contributed by atoms with E-state index in [1.54, 1.807) is 6.20 Å². The fraction of sp³-hybridized carbons (Fsp3) is 0.0769. The Morgan fingerprint density at radius 1 is 1.33 bits per heavy atom. The number of halogens is 1. The van der Waals surface area contributed by atoms with Crippen LogP contribution in [0.1, 0.15) is 11.1 Å². The lowest BCUT2D eigenvalue weighted by Gasteiger charge is -2.08. The number of aromatic nitrogens is 1. The van der Waals surface area contributed by atoms with Crippen molar-refractivity contribution < 1.29 is 0 Å². The van der Waals surface area contributed by atoms with Crippen LogP contribution < -0.4 is 5.73 Å². The zero-order chi connectivity index (χ0) is 13.1. The number of pyridine rings is 1. The summed E-state index contributed by atoms with van der Waals surface area (Å²) in [6.45, 7) is 2.02. The number of nitrogens with one attached hydrogen (secondary N) is 1. The topological polar surface area (TPSA) is 62.8 Å². The molecule has 1 aromatic heterocycles. The number of nitrogen functional groups attached to an aromatic ring is 1. The number of hydrogen-bond acceptors (Lipinski definition) is 3. The number of hydrogen-bond donors (Lipinski definition) is 2. The third-order valence-corrected chi connectivity index (χ3v) is 3.82. The molecule has 92 valence electrons. The molecule has 0 bridgehead atoms. The molecule has 18 heavy (non-hydrogen) atoms. The van der Waals surface area contributed by atoms with Gasteiger partial charge < -0.3 is 5.73 Å². The Hall–Kier alpha value is -1.33. The van der Waals surface area contributed by atoms with E-state index in [1.807, 2.05) is 37.3 Å². The van der Waals surface area contributed by atoms with E-state index in [0.717, 1.165) is 25.5 Å². The third-order valence-electron chi connectivity index (χ3n) is 2.34. The summed E-state index contributed by atoms with van der Waals surface area (Å²) < 4.78 is 0.947. The van der Waals surface area contributed by atoms with E-state index in [0.29, 0.717) is 0 Å². The molecule has 0 spiro atoms. The van der Waals surface area contributed by atoms with E-state index in [2.05, 4.69) is 20.9 Å². The second kappa shape index (κ2) is 5.54. The Balaban J connectivity index is 2.35. The van der Waals surface area contributed by atoms with Gasteiger partial charge in [0.2, 0.25) is 0 Å². The van der Waals surface area contributed by atoms with Crippen LogP contribution in [0.4, 0.5) is 0 Å². The van der Waals surface area contributed by atoms with Crippen LogP contribution in [0.5, 0.6) is 0 Å². The van der Waals surface area contributed by atoms with Crippen molar-refractivity contribution in [2.24, 2.45) is 5.73 Å². The van der Waals surface area contributed by atoms with Gasteiger partial charge in [-0.15, -0.1) is 0 Å². The minimum absolute atomic E-state index is 0.0783. The van der Waals surface area contributed by atoms with Crippen LogP contribution in [0.3, 0.4) is 0 Å². The van der Waals surface area contributed by atoms with Crippen LogP contribution in [0.15, 0.2) is 50.9 Å². The van der Waals surface area contributed by atoms with Gasteiger partial charge in [0.1, 0.15) is 10.9 Å². The maximum atomic E-state index is 7.58. The van der Waals surface area contributed by atoms with Crippen LogP contribution in [-0.4, -0.2) is 10.8 Å². The summed E-state index contributed by atoms with van der Waals surface area (Å²) in [4.78, 5) is 5.26. The molecule has 0 unspecified atom stereocenters. The summed E-state index contributed by atoms with van der Waals surface area (Å²) in [5.74, 6) is 0.0783. The van der Waals surface area contributed by atoms with Crippen LogP contribution in [-0.2, 0) is 0 Å². The highest BCUT2D eigenvalue weighted by atomic mass is 79.9. The van der Waals surface area contributed by atoms with E-state index in [1.165, 1.54) is 11.8 Å². The molecule has 2 rings (SSSR count). The first kappa shape index (κ1) is 13.1. The van der Waals surface area contributed by atoms with E-state index in [-0.39, 0.29) is 5.84 Å². The van der Waals surface area contributed by atoms with E-state index < -0.39 is 0 Å². The maximum absolute atomic E-state index is 7.58. The predicted octanol–water partition coefficient (Wildman–Crippen LogP) is 3.59. The molecular weight excluding hydrogens is 310 g/mol. The van der Waals surface area contributed by atoms with Crippen molar-refractivity contribution in [2.75, 3.05) is 0 Å². The zero-order valence-electron chi connectivity index (χ0n) is 9.77.